The highest BCUT2D eigenvalue weighted by Gasteiger charge is 2.24. The van der Waals surface area contributed by atoms with Crippen molar-refractivity contribution in [3.63, 3.8) is 0 Å². The van der Waals surface area contributed by atoms with E-state index in [1.54, 1.807) is 55.0 Å². The number of carbonyl (C=O) groups excluding carboxylic acids is 1. The van der Waals surface area contributed by atoms with Crippen molar-refractivity contribution in [2.75, 3.05) is 5.73 Å². The second kappa shape index (κ2) is 7.86. The second-order valence-electron chi connectivity index (χ2n) is 7.73. The minimum absolute atomic E-state index is 0.297. The largest absolute Gasteiger partial charge is 0.398 e. The monoisotopic (exact) mass is 439 g/mol. The quantitative estimate of drug-likeness (QED) is 0.416. The molecule has 3 N–H and O–H groups in total. The van der Waals surface area contributed by atoms with Gasteiger partial charge in [-0.15, -0.1) is 0 Å². The molecule has 9 heteroatoms. The van der Waals surface area contributed by atoms with Gasteiger partial charge in [-0.1, -0.05) is 24.3 Å². The SMILES string of the molecule is Cc1nn2cccnc2c1C(=O)N[C@@H](C)c1nc2cccc(N)c2c(=O)n1-c1ccccc1. The van der Waals surface area contributed by atoms with Gasteiger partial charge in [-0.25, -0.2) is 14.5 Å². The van der Waals surface area contributed by atoms with Crippen molar-refractivity contribution in [2.45, 2.75) is 19.9 Å². The zero-order chi connectivity index (χ0) is 23.1. The number of anilines is 1. The Morgan fingerprint density at radius 1 is 1.09 bits per heavy atom. The number of benzene rings is 2. The lowest BCUT2D eigenvalue weighted by Crippen LogP contribution is -2.33. The molecule has 1 atom stereocenters. The number of para-hydroxylation sites is 1. The molecule has 0 saturated heterocycles. The van der Waals surface area contributed by atoms with Gasteiger partial charge in [0.25, 0.3) is 11.5 Å². The van der Waals surface area contributed by atoms with Gasteiger partial charge in [-0.2, -0.15) is 5.10 Å². The lowest BCUT2D eigenvalue weighted by Gasteiger charge is -2.20. The average Bonchev–Trinajstić information content (AvgIpc) is 3.15. The molecule has 9 nitrogen and oxygen atoms in total. The number of amides is 1. The Morgan fingerprint density at radius 2 is 1.88 bits per heavy atom. The smallest absolute Gasteiger partial charge is 0.268 e. The summed E-state index contributed by atoms with van der Waals surface area (Å²) in [6, 6.07) is 15.5. The van der Waals surface area contributed by atoms with E-state index in [2.05, 4.69) is 15.4 Å². The standard InChI is InChI=1S/C24H21N7O2/c1-14-19(22-26-12-7-13-30(22)29-14)23(32)27-15(2)21-28-18-11-6-10-17(25)20(18)24(33)31(21)16-8-4-3-5-9-16/h3-13,15H,25H2,1-2H3,(H,27,32)/t15-/m0/s1. The summed E-state index contributed by atoms with van der Waals surface area (Å²) in [6.45, 7) is 3.54. The molecular weight excluding hydrogens is 418 g/mol. The van der Waals surface area contributed by atoms with Crippen LogP contribution in [0.15, 0.2) is 71.8 Å². The molecule has 0 spiro atoms. The number of fused-ring (bicyclic) bond motifs is 2. The fraction of sp³-hybridized carbons (Fsp3) is 0.125. The molecule has 3 heterocycles. The van der Waals surface area contributed by atoms with Gasteiger partial charge in [0.15, 0.2) is 5.65 Å². The van der Waals surface area contributed by atoms with Crippen LogP contribution in [0.25, 0.3) is 22.2 Å². The van der Waals surface area contributed by atoms with Crippen molar-refractivity contribution in [2.24, 2.45) is 0 Å². The predicted octanol–water partition coefficient (Wildman–Crippen LogP) is 2.81. The zero-order valence-electron chi connectivity index (χ0n) is 18.1. The molecule has 164 valence electrons. The molecule has 1 amide bonds. The fourth-order valence-corrected chi connectivity index (χ4v) is 3.99. The van der Waals surface area contributed by atoms with Gasteiger partial charge in [0.1, 0.15) is 11.4 Å². The van der Waals surface area contributed by atoms with E-state index in [9.17, 15) is 9.59 Å². The summed E-state index contributed by atoms with van der Waals surface area (Å²) >= 11 is 0. The van der Waals surface area contributed by atoms with E-state index in [1.165, 1.54) is 4.57 Å². The molecule has 0 bridgehead atoms. The van der Waals surface area contributed by atoms with Crippen LogP contribution < -0.4 is 16.6 Å². The fourth-order valence-electron chi connectivity index (χ4n) is 3.99. The molecule has 5 rings (SSSR count). The second-order valence-corrected chi connectivity index (χ2v) is 7.73. The maximum absolute atomic E-state index is 13.5. The summed E-state index contributed by atoms with van der Waals surface area (Å²) in [5.74, 6) is 0.0370. The maximum Gasteiger partial charge on any atom is 0.268 e. The molecule has 5 aromatic rings. The van der Waals surface area contributed by atoms with E-state index in [-0.39, 0.29) is 11.5 Å². The predicted molar refractivity (Wildman–Crippen MR) is 125 cm³/mol. The lowest BCUT2D eigenvalue weighted by atomic mass is 10.1. The number of aryl methyl sites for hydroxylation is 1. The molecule has 0 saturated carbocycles. The summed E-state index contributed by atoms with van der Waals surface area (Å²) in [5, 5.41) is 7.65. The molecule has 0 radical (unpaired) electrons. The van der Waals surface area contributed by atoms with Crippen LogP contribution in [-0.2, 0) is 0 Å². The summed E-state index contributed by atoms with van der Waals surface area (Å²) in [4.78, 5) is 35.8. The third-order valence-electron chi connectivity index (χ3n) is 5.50. The first kappa shape index (κ1) is 20.4. The van der Waals surface area contributed by atoms with E-state index in [0.717, 1.165) is 0 Å². The number of nitrogens with one attached hydrogen (secondary N) is 1. The van der Waals surface area contributed by atoms with Gasteiger partial charge < -0.3 is 11.1 Å². The van der Waals surface area contributed by atoms with Crippen LogP contribution in [0.3, 0.4) is 0 Å². The van der Waals surface area contributed by atoms with Crippen LogP contribution in [0, 0.1) is 6.92 Å². The minimum Gasteiger partial charge on any atom is -0.398 e. The van der Waals surface area contributed by atoms with Crippen LogP contribution in [0.5, 0.6) is 0 Å². The summed E-state index contributed by atoms with van der Waals surface area (Å²) in [5.41, 5.74) is 8.65. The Bertz CT molecular complexity index is 1570. The van der Waals surface area contributed by atoms with Crippen LogP contribution in [0.4, 0.5) is 5.69 Å². The number of carbonyl (C=O) groups is 1. The van der Waals surface area contributed by atoms with Gasteiger partial charge in [-0.05, 0) is 44.2 Å². The molecule has 0 fully saturated rings. The Balaban J connectivity index is 1.64. The normalized spacial score (nSPS) is 12.2. The van der Waals surface area contributed by atoms with E-state index in [4.69, 9.17) is 10.7 Å². The lowest BCUT2D eigenvalue weighted by molar-refractivity contribution is 0.0938. The number of hydrogen-bond donors (Lipinski definition) is 2. The molecule has 2 aromatic carbocycles. The van der Waals surface area contributed by atoms with Gasteiger partial charge in [-0.3, -0.25) is 14.2 Å². The number of nitrogens with two attached hydrogens (primary N) is 1. The van der Waals surface area contributed by atoms with E-state index in [0.29, 0.717) is 45.0 Å². The molecule has 0 aliphatic rings. The van der Waals surface area contributed by atoms with Crippen molar-refractivity contribution in [1.82, 2.24) is 29.5 Å². The molecular formula is C24H21N7O2. The van der Waals surface area contributed by atoms with Gasteiger partial charge in [0.05, 0.1) is 28.3 Å². The summed E-state index contributed by atoms with van der Waals surface area (Å²) in [6.07, 6.45) is 3.34. The number of rotatable bonds is 4. The van der Waals surface area contributed by atoms with Gasteiger partial charge in [0, 0.05) is 18.1 Å². The van der Waals surface area contributed by atoms with Crippen molar-refractivity contribution < 1.29 is 4.79 Å². The zero-order valence-corrected chi connectivity index (χ0v) is 18.1. The third kappa shape index (κ3) is 3.39. The molecule has 3 aromatic heterocycles. The Morgan fingerprint density at radius 3 is 2.67 bits per heavy atom. The van der Waals surface area contributed by atoms with E-state index < -0.39 is 6.04 Å². The molecule has 0 unspecified atom stereocenters. The Kier molecular flexibility index (Phi) is 4.86. The highest BCUT2D eigenvalue weighted by molar-refractivity contribution is 6.01. The van der Waals surface area contributed by atoms with Crippen molar-refractivity contribution in [3.05, 3.63) is 94.4 Å². The van der Waals surface area contributed by atoms with Crippen molar-refractivity contribution in [1.29, 1.82) is 0 Å². The Hall–Kier alpha value is -4.53. The highest BCUT2D eigenvalue weighted by Crippen LogP contribution is 2.22. The van der Waals surface area contributed by atoms with Gasteiger partial charge in [0.2, 0.25) is 0 Å². The number of nitrogen functional groups attached to an aromatic ring is 1. The minimum atomic E-state index is -0.603. The van der Waals surface area contributed by atoms with Crippen molar-refractivity contribution >= 4 is 28.1 Å². The van der Waals surface area contributed by atoms with Crippen molar-refractivity contribution in [3.8, 4) is 5.69 Å². The first-order chi connectivity index (χ1) is 16.0. The average molecular weight is 439 g/mol. The van der Waals surface area contributed by atoms with Gasteiger partial charge >= 0.3 is 0 Å². The number of hydrogen-bond acceptors (Lipinski definition) is 6. The first-order valence-electron chi connectivity index (χ1n) is 10.4. The van der Waals surface area contributed by atoms with Crippen LogP contribution in [-0.4, -0.2) is 30.1 Å². The number of nitrogens with zero attached hydrogens (tertiary/aromatic N) is 5. The van der Waals surface area contributed by atoms with E-state index in [1.807, 2.05) is 30.3 Å². The van der Waals surface area contributed by atoms with Crippen LogP contribution in [0.1, 0.15) is 34.8 Å². The topological polar surface area (TPSA) is 120 Å². The number of aromatic nitrogens is 5. The van der Waals surface area contributed by atoms with Crippen LogP contribution in [0.2, 0.25) is 0 Å². The third-order valence-corrected chi connectivity index (χ3v) is 5.50. The maximum atomic E-state index is 13.5. The van der Waals surface area contributed by atoms with E-state index >= 15 is 0 Å². The first-order valence-corrected chi connectivity index (χ1v) is 10.4. The molecule has 0 aliphatic heterocycles. The van der Waals surface area contributed by atoms with Crippen LogP contribution >= 0.6 is 0 Å². The summed E-state index contributed by atoms with van der Waals surface area (Å²) < 4.78 is 3.05. The molecule has 0 aliphatic carbocycles. The Labute approximate surface area is 188 Å². The summed E-state index contributed by atoms with van der Waals surface area (Å²) in [7, 11) is 0. The highest BCUT2D eigenvalue weighted by atomic mass is 16.2. The molecule has 33 heavy (non-hydrogen) atoms.